The van der Waals surface area contributed by atoms with Gasteiger partial charge in [0, 0.05) is 45.1 Å². The fourth-order valence-electron chi connectivity index (χ4n) is 12.7. The number of hydrogen-bond donors (Lipinski definition) is 1. The number of carbonyl (C=O) groups excluding carboxylic acids is 1. The number of amides is 1. The maximum atomic E-state index is 13.4. The summed E-state index contributed by atoms with van der Waals surface area (Å²) < 4.78 is 25.1. The van der Waals surface area contributed by atoms with Gasteiger partial charge in [-0.15, -0.1) is 0 Å². The summed E-state index contributed by atoms with van der Waals surface area (Å²) in [7, 11) is 1.57. The molecule has 266 valence electrons. The second-order valence-electron chi connectivity index (χ2n) is 17.7. The summed E-state index contributed by atoms with van der Waals surface area (Å²) in [5.74, 6) is 5.05. The lowest BCUT2D eigenvalue weighted by Crippen LogP contribution is -2.55. The molecule has 1 spiro atoms. The Morgan fingerprint density at radius 1 is 0.958 bits per heavy atom. The van der Waals surface area contributed by atoms with Gasteiger partial charge in [0.25, 0.3) is 0 Å². The van der Waals surface area contributed by atoms with Crippen molar-refractivity contribution in [1.82, 2.24) is 9.80 Å². The van der Waals surface area contributed by atoms with Crippen LogP contribution in [0.1, 0.15) is 97.5 Å². The number of phenolic OH excluding ortho intramolecular Hbond substituents is 1. The van der Waals surface area contributed by atoms with Crippen molar-refractivity contribution in [3.8, 4) is 11.5 Å². The average Bonchev–Trinajstić information content (AvgIpc) is 3.53. The lowest BCUT2D eigenvalue weighted by Gasteiger charge is -2.61. The van der Waals surface area contributed by atoms with Crippen molar-refractivity contribution in [2.75, 3.05) is 39.9 Å². The van der Waals surface area contributed by atoms with Crippen LogP contribution in [0.15, 0.2) is 18.2 Å². The van der Waals surface area contributed by atoms with Crippen LogP contribution in [0.3, 0.4) is 0 Å². The van der Waals surface area contributed by atoms with E-state index in [-0.39, 0.29) is 23.7 Å². The molecule has 12 atom stereocenters. The Balaban J connectivity index is 0.850. The zero-order valence-corrected chi connectivity index (χ0v) is 30.1. The molecule has 1 amide bonds. The van der Waals surface area contributed by atoms with E-state index in [9.17, 15) is 9.90 Å². The lowest BCUT2D eigenvalue weighted by molar-refractivity contribution is -0.273. The number of carbonyl (C=O) groups is 1. The predicted molar refractivity (Wildman–Crippen MR) is 183 cm³/mol. The van der Waals surface area contributed by atoms with E-state index in [1.807, 2.05) is 17.0 Å². The first-order valence-corrected chi connectivity index (χ1v) is 19.4. The van der Waals surface area contributed by atoms with Crippen LogP contribution in [0.25, 0.3) is 0 Å². The van der Waals surface area contributed by atoms with Gasteiger partial charge in [-0.2, -0.15) is 0 Å². The highest BCUT2D eigenvalue weighted by atomic mass is 16.7. The van der Waals surface area contributed by atoms with Crippen LogP contribution in [0, 0.1) is 52.3 Å². The summed E-state index contributed by atoms with van der Waals surface area (Å²) in [6, 6.07) is 5.51. The summed E-state index contributed by atoms with van der Waals surface area (Å²) in [6.45, 7) is 14.6. The van der Waals surface area contributed by atoms with E-state index < -0.39 is 0 Å². The normalized spacial score (nSPS) is 45.6. The van der Waals surface area contributed by atoms with E-state index in [0.717, 1.165) is 68.8 Å². The first-order chi connectivity index (χ1) is 23.0. The van der Waals surface area contributed by atoms with Gasteiger partial charge in [-0.3, -0.25) is 4.90 Å². The summed E-state index contributed by atoms with van der Waals surface area (Å²) in [5, 5.41) is 9.92. The number of fused-ring (bicyclic) bond motifs is 7. The molecular formula is C40H60N2O6. The van der Waals surface area contributed by atoms with Crippen molar-refractivity contribution in [3.05, 3.63) is 23.8 Å². The molecule has 8 nitrogen and oxygen atoms in total. The van der Waals surface area contributed by atoms with Crippen LogP contribution in [0.4, 0.5) is 4.79 Å². The Labute approximate surface area is 288 Å². The van der Waals surface area contributed by atoms with Gasteiger partial charge in [0.1, 0.15) is 6.10 Å². The number of benzene rings is 1. The first-order valence-electron chi connectivity index (χ1n) is 19.4. The average molecular weight is 665 g/mol. The smallest absolute Gasteiger partial charge is 0.410 e. The van der Waals surface area contributed by atoms with Crippen molar-refractivity contribution in [2.45, 2.75) is 116 Å². The molecule has 0 radical (unpaired) electrons. The van der Waals surface area contributed by atoms with Crippen LogP contribution < -0.4 is 4.74 Å². The highest BCUT2D eigenvalue weighted by molar-refractivity contribution is 5.68. The molecule has 7 fully saturated rings. The molecule has 4 saturated carbocycles. The molecule has 3 heterocycles. The van der Waals surface area contributed by atoms with Gasteiger partial charge >= 0.3 is 6.09 Å². The predicted octanol–water partition coefficient (Wildman–Crippen LogP) is 7.47. The summed E-state index contributed by atoms with van der Waals surface area (Å²) >= 11 is 0. The summed E-state index contributed by atoms with van der Waals surface area (Å²) in [4.78, 5) is 17.6. The van der Waals surface area contributed by atoms with Crippen LogP contribution in [-0.4, -0.2) is 78.9 Å². The third-order valence-electron chi connectivity index (χ3n) is 15.4. The molecule has 1 aromatic carbocycles. The van der Waals surface area contributed by atoms with E-state index in [1.165, 1.54) is 44.9 Å². The Hall–Kier alpha value is -2.03. The second kappa shape index (κ2) is 12.3. The number of methoxy groups -OCH3 is 1. The van der Waals surface area contributed by atoms with Gasteiger partial charge in [-0.1, -0.05) is 33.8 Å². The van der Waals surface area contributed by atoms with E-state index in [4.69, 9.17) is 18.9 Å². The molecule has 1 aromatic rings. The molecule has 0 bridgehead atoms. The molecule has 8 heteroatoms. The quantitative estimate of drug-likeness (QED) is 0.358. The Morgan fingerprint density at radius 2 is 1.75 bits per heavy atom. The molecule has 0 aromatic heterocycles. The topological polar surface area (TPSA) is 80.7 Å². The molecule has 3 aliphatic heterocycles. The van der Waals surface area contributed by atoms with Crippen molar-refractivity contribution in [3.63, 3.8) is 0 Å². The van der Waals surface area contributed by atoms with Crippen molar-refractivity contribution < 1.29 is 28.8 Å². The van der Waals surface area contributed by atoms with Crippen LogP contribution >= 0.6 is 0 Å². The third-order valence-corrected chi connectivity index (χ3v) is 15.4. The zero-order valence-electron chi connectivity index (χ0n) is 30.1. The van der Waals surface area contributed by atoms with E-state index in [1.54, 1.807) is 13.2 Å². The number of rotatable bonds is 4. The molecule has 8 rings (SSSR count). The Morgan fingerprint density at radius 3 is 2.50 bits per heavy atom. The highest BCUT2D eigenvalue weighted by Gasteiger charge is 2.69. The minimum absolute atomic E-state index is 0.0398. The largest absolute Gasteiger partial charge is 0.504 e. The fraction of sp³-hybridized carbons (Fsp3) is 0.825. The molecule has 1 N–H and O–H groups in total. The standard InChI is InChI=1S/C40H60N2O6/c1-25-10-15-40(46-24-25)26(2)36-35(48-40)22-32-30-8-7-28-21-29(11-13-38(28,3)31(30)12-14-39(32,36)4)47-37(44)42-18-16-41(17-19-42)23-27-6-9-33(43)34(20-27)45-5/h6,9,20,25-26,28-32,35-36,43H,7-8,10-19,21-24H2,1-5H3/t25-,26+,28-,29+,30-,31+,32+,35+,36+,38+,39+,40-/m1/s1. The third kappa shape index (κ3) is 5.37. The van der Waals surface area contributed by atoms with Gasteiger partial charge in [0.2, 0.25) is 0 Å². The number of nitrogens with zero attached hydrogens (tertiary/aromatic N) is 2. The van der Waals surface area contributed by atoms with Gasteiger partial charge in [-0.25, -0.2) is 4.79 Å². The number of phenols is 1. The van der Waals surface area contributed by atoms with Gasteiger partial charge in [-0.05, 0) is 122 Å². The fourth-order valence-corrected chi connectivity index (χ4v) is 12.7. The monoisotopic (exact) mass is 664 g/mol. The highest BCUT2D eigenvalue weighted by Crippen LogP contribution is 2.71. The number of aromatic hydroxyl groups is 1. The molecular weight excluding hydrogens is 604 g/mol. The number of hydrogen-bond acceptors (Lipinski definition) is 7. The molecule has 3 saturated heterocycles. The lowest BCUT2D eigenvalue weighted by atomic mass is 9.44. The summed E-state index contributed by atoms with van der Waals surface area (Å²) in [5.41, 5.74) is 1.81. The van der Waals surface area contributed by atoms with Crippen LogP contribution in [0.5, 0.6) is 11.5 Å². The first kappa shape index (κ1) is 33.1. The Kier molecular flexibility index (Phi) is 8.51. The van der Waals surface area contributed by atoms with Crippen LogP contribution in [-0.2, 0) is 20.8 Å². The van der Waals surface area contributed by atoms with E-state index >= 15 is 0 Å². The van der Waals surface area contributed by atoms with Crippen molar-refractivity contribution >= 4 is 6.09 Å². The van der Waals surface area contributed by atoms with Crippen LogP contribution in [0.2, 0.25) is 0 Å². The van der Waals surface area contributed by atoms with E-state index in [0.29, 0.717) is 59.4 Å². The molecule has 0 unspecified atom stereocenters. The van der Waals surface area contributed by atoms with Gasteiger partial charge in [0.15, 0.2) is 17.3 Å². The van der Waals surface area contributed by atoms with Crippen molar-refractivity contribution in [2.24, 2.45) is 52.3 Å². The van der Waals surface area contributed by atoms with Crippen molar-refractivity contribution in [1.29, 1.82) is 0 Å². The maximum absolute atomic E-state index is 13.4. The van der Waals surface area contributed by atoms with Gasteiger partial charge < -0.3 is 29.0 Å². The van der Waals surface area contributed by atoms with Gasteiger partial charge in [0.05, 0.1) is 19.8 Å². The van der Waals surface area contributed by atoms with E-state index in [2.05, 4.69) is 32.6 Å². The SMILES string of the molecule is COc1cc(CN2CCN(C(=O)O[C@H]3CC[C@@]4(C)[C@H](CC[C@@H]5[C@@H]4CC[C@]4(C)[C@@H]6[C@H](C[C@@H]54)O[C@]4(CC[C@@H](C)CO4)[C@H]6C)C3)CC2)ccc1O. The second-order valence-corrected chi connectivity index (χ2v) is 17.7. The number of ether oxygens (including phenoxy) is 4. The minimum atomic E-state index is -0.331. The maximum Gasteiger partial charge on any atom is 0.410 e. The molecule has 48 heavy (non-hydrogen) atoms. The Bertz CT molecular complexity index is 1350. The minimum Gasteiger partial charge on any atom is -0.504 e. The number of piperazine rings is 1. The molecule has 4 aliphatic carbocycles. The zero-order chi connectivity index (χ0) is 33.4. The molecule has 7 aliphatic rings. The summed E-state index contributed by atoms with van der Waals surface area (Å²) in [6.07, 6.45) is 12.3.